The molecule has 0 saturated carbocycles. The molecule has 0 bridgehead atoms. The van der Waals surface area contributed by atoms with Gasteiger partial charge in [0.2, 0.25) is 5.88 Å². The number of benzene rings is 1. The van der Waals surface area contributed by atoms with Crippen molar-refractivity contribution in [2.24, 2.45) is 0 Å². The van der Waals surface area contributed by atoms with Crippen molar-refractivity contribution < 1.29 is 19.0 Å². The first-order valence-corrected chi connectivity index (χ1v) is 5.75. The van der Waals surface area contributed by atoms with E-state index in [0.717, 1.165) is 6.07 Å². The number of aromatic nitrogens is 1. The van der Waals surface area contributed by atoms with Crippen LogP contribution in [-0.2, 0) is 0 Å². The average Bonchev–Trinajstić information content (AvgIpc) is 2.36. The number of hydrogen-bond donors (Lipinski definition) is 1. The topological polar surface area (TPSA) is 59.4 Å². The molecule has 0 atom stereocenters. The number of pyridine rings is 1. The molecule has 0 amide bonds. The molecule has 0 aliphatic heterocycles. The average molecular weight is 302 g/mol. The van der Waals surface area contributed by atoms with Crippen molar-refractivity contribution >= 4 is 29.2 Å². The van der Waals surface area contributed by atoms with Crippen LogP contribution in [0.1, 0.15) is 10.5 Å². The molecule has 4 nitrogen and oxygen atoms in total. The van der Waals surface area contributed by atoms with E-state index in [1.54, 1.807) is 0 Å². The van der Waals surface area contributed by atoms with Crippen LogP contribution < -0.4 is 4.74 Å². The van der Waals surface area contributed by atoms with Crippen molar-refractivity contribution in [3.8, 4) is 11.6 Å². The van der Waals surface area contributed by atoms with E-state index >= 15 is 0 Å². The minimum absolute atomic E-state index is 0.0106. The highest BCUT2D eigenvalue weighted by atomic mass is 35.5. The van der Waals surface area contributed by atoms with Gasteiger partial charge in [-0.3, -0.25) is 0 Å². The van der Waals surface area contributed by atoms with Gasteiger partial charge < -0.3 is 9.84 Å². The van der Waals surface area contributed by atoms with Gasteiger partial charge in [0.15, 0.2) is 5.69 Å². The molecule has 0 unspecified atom stereocenters. The quantitative estimate of drug-likeness (QED) is 0.930. The fourth-order valence-electron chi connectivity index (χ4n) is 1.29. The summed E-state index contributed by atoms with van der Waals surface area (Å²) in [4.78, 5) is 14.6. The lowest BCUT2D eigenvalue weighted by molar-refractivity contribution is 0.0690. The zero-order valence-corrected chi connectivity index (χ0v) is 10.7. The predicted octanol–water partition coefficient (Wildman–Crippen LogP) is 4.02. The second kappa shape index (κ2) is 5.42. The smallest absolute Gasteiger partial charge is 0.356 e. The van der Waals surface area contributed by atoms with Gasteiger partial charge in [-0.2, -0.15) is 0 Å². The Morgan fingerprint density at radius 1 is 1.21 bits per heavy atom. The number of carbonyl (C=O) groups is 1. The SMILES string of the molecule is O=C(O)c1nc(Oc2ccc(Cl)c(F)c2)ccc1Cl. The molecule has 1 aromatic heterocycles. The Morgan fingerprint density at radius 3 is 2.53 bits per heavy atom. The van der Waals surface area contributed by atoms with Gasteiger partial charge in [-0.1, -0.05) is 23.2 Å². The minimum atomic E-state index is -1.28. The summed E-state index contributed by atoms with van der Waals surface area (Å²) in [6.07, 6.45) is 0. The summed E-state index contributed by atoms with van der Waals surface area (Å²) >= 11 is 11.2. The molecule has 0 aliphatic rings. The molecular weight excluding hydrogens is 296 g/mol. The zero-order valence-electron chi connectivity index (χ0n) is 9.23. The zero-order chi connectivity index (χ0) is 14.0. The van der Waals surface area contributed by atoms with Gasteiger partial charge in [-0.15, -0.1) is 0 Å². The molecule has 0 spiro atoms. The molecule has 7 heteroatoms. The first-order valence-electron chi connectivity index (χ1n) is 5.00. The van der Waals surface area contributed by atoms with E-state index in [-0.39, 0.29) is 27.4 Å². The van der Waals surface area contributed by atoms with Gasteiger partial charge >= 0.3 is 5.97 Å². The van der Waals surface area contributed by atoms with E-state index in [4.69, 9.17) is 33.0 Å². The number of hydrogen-bond acceptors (Lipinski definition) is 3. The number of carboxylic acid groups (broad SMARTS) is 1. The molecule has 0 radical (unpaired) electrons. The lowest BCUT2D eigenvalue weighted by Crippen LogP contribution is -2.02. The van der Waals surface area contributed by atoms with Gasteiger partial charge in [0.1, 0.15) is 11.6 Å². The molecule has 0 aliphatic carbocycles. The van der Waals surface area contributed by atoms with E-state index in [1.807, 2.05) is 0 Å². The van der Waals surface area contributed by atoms with Gasteiger partial charge in [-0.05, 0) is 18.2 Å². The van der Waals surface area contributed by atoms with Crippen molar-refractivity contribution in [3.05, 3.63) is 51.9 Å². The van der Waals surface area contributed by atoms with Crippen molar-refractivity contribution in [2.45, 2.75) is 0 Å². The summed E-state index contributed by atoms with van der Waals surface area (Å²) in [7, 11) is 0. The molecule has 0 saturated heterocycles. The molecule has 2 rings (SSSR count). The highest BCUT2D eigenvalue weighted by Gasteiger charge is 2.12. The van der Waals surface area contributed by atoms with Crippen LogP contribution in [0.4, 0.5) is 4.39 Å². The molecule has 98 valence electrons. The molecular formula is C12H6Cl2FNO3. The maximum atomic E-state index is 13.2. The monoisotopic (exact) mass is 301 g/mol. The van der Waals surface area contributed by atoms with E-state index in [2.05, 4.69) is 4.98 Å². The van der Waals surface area contributed by atoms with E-state index < -0.39 is 11.8 Å². The minimum Gasteiger partial charge on any atom is -0.476 e. The largest absolute Gasteiger partial charge is 0.476 e. The van der Waals surface area contributed by atoms with Crippen molar-refractivity contribution in [1.82, 2.24) is 4.98 Å². The Kier molecular flexibility index (Phi) is 3.87. The summed E-state index contributed by atoms with van der Waals surface area (Å²) in [5.41, 5.74) is -0.339. The molecule has 2 aromatic rings. The Labute approximate surface area is 117 Å². The summed E-state index contributed by atoms with van der Waals surface area (Å²) in [6, 6.07) is 6.53. The molecule has 1 heterocycles. The highest BCUT2D eigenvalue weighted by molar-refractivity contribution is 6.33. The van der Waals surface area contributed by atoms with E-state index in [0.29, 0.717) is 0 Å². The van der Waals surface area contributed by atoms with Crippen LogP contribution in [0.25, 0.3) is 0 Å². The van der Waals surface area contributed by atoms with Gasteiger partial charge in [-0.25, -0.2) is 14.2 Å². The number of halogens is 3. The third-order valence-electron chi connectivity index (χ3n) is 2.14. The third kappa shape index (κ3) is 3.13. The van der Waals surface area contributed by atoms with Crippen LogP contribution in [0.5, 0.6) is 11.6 Å². The maximum Gasteiger partial charge on any atom is 0.356 e. The number of ether oxygens (including phenoxy) is 1. The fraction of sp³-hybridized carbons (Fsp3) is 0. The second-order valence-corrected chi connectivity index (χ2v) is 4.28. The molecule has 0 fully saturated rings. The maximum absolute atomic E-state index is 13.2. The molecule has 1 aromatic carbocycles. The van der Waals surface area contributed by atoms with Crippen molar-refractivity contribution in [1.29, 1.82) is 0 Å². The standard InChI is InChI=1S/C12H6Cl2FNO3/c13-7-2-1-6(5-9(7)15)19-10-4-3-8(14)11(16-10)12(17)18/h1-5H,(H,17,18). The van der Waals surface area contributed by atoms with Gasteiger partial charge in [0, 0.05) is 12.1 Å². The van der Waals surface area contributed by atoms with Crippen molar-refractivity contribution in [2.75, 3.05) is 0 Å². The van der Waals surface area contributed by atoms with Crippen LogP contribution in [0.3, 0.4) is 0 Å². The highest BCUT2D eigenvalue weighted by Crippen LogP contribution is 2.26. The summed E-state index contributed by atoms with van der Waals surface area (Å²) in [5.74, 6) is -1.79. The summed E-state index contributed by atoms with van der Waals surface area (Å²) < 4.78 is 18.4. The van der Waals surface area contributed by atoms with Crippen LogP contribution in [0.2, 0.25) is 10.0 Å². The molecule has 19 heavy (non-hydrogen) atoms. The van der Waals surface area contributed by atoms with Crippen LogP contribution in [0, 0.1) is 5.82 Å². The van der Waals surface area contributed by atoms with E-state index in [1.165, 1.54) is 24.3 Å². The molecule has 1 N–H and O–H groups in total. The van der Waals surface area contributed by atoms with E-state index in [9.17, 15) is 9.18 Å². The lowest BCUT2D eigenvalue weighted by Gasteiger charge is -2.06. The van der Waals surface area contributed by atoms with Gasteiger partial charge in [0.25, 0.3) is 0 Å². The first-order chi connectivity index (χ1) is 8.97. The number of rotatable bonds is 3. The van der Waals surface area contributed by atoms with Crippen LogP contribution in [0.15, 0.2) is 30.3 Å². The Balaban J connectivity index is 2.30. The normalized spacial score (nSPS) is 10.3. The Morgan fingerprint density at radius 2 is 1.89 bits per heavy atom. The van der Waals surface area contributed by atoms with Gasteiger partial charge in [0.05, 0.1) is 10.0 Å². The fourth-order valence-corrected chi connectivity index (χ4v) is 1.60. The first kappa shape index (κ1) is 13.6. The second-order valence-electron chi connectivity index (χ2n) is 3.46. The summed E-state index contributed by atoms with van der Waals surface area (Å²) in [6.45, 7) is 0. The summed E-state index contributed by atoms with van der Waals surface area (Å²) in [5, 5.41) is 8.81. The Bertz CT molecular complexity index is 649. The number of carboxylic acids is 1. The number of nitrogens with zero attached hydrogens (tertiary/aromatic N) is 1. The lowest BCUT2D eigenvalue weighted by atomic mass is 10.3. The third-order valence-corrected chi connectivity index (χ3v) is 2.75. The van der Waals surface area contributed by atoms with Crippen LogP contribution >= 0.6 is 23.2 Å². The van der Waals surface area contributed by atoms with Crippen molar-refractivity contribution in [3.63, 3.8) is 0 Å². The van der Waals surface area contributed by atoms with Crippen LogP contribution in [-0.4, -0.2) is 16.1 Å². The predicted molar refractivity (Wildman–Crippen MR) is 67.7 cm³/mol. The Hall–Kier alpha value is -1.85. The number of aromatic carboxylic acids is 1.